The van der Waals surface area contributed by atoms with Crippen LogP contribution in [0.25, 0.3) is 31.9 Å². The van der Waals surface area contributed by atoms with Crippen LogP contribution in [0.1, 0.15) is 34.6 Å². The smallest absolute Gasteiger partial charge is 0.129 e. The molecule has 2 heterocycles. The predicted molar refractivity (Wildman–Crippen MR) is 138 cm³/mol. The quantitative estimate of drug-likeness (QED) is 0.259. The Hall–Kier alpha value is -3.57. The Kier molecular flexibility index (Phi) is 4.74. The number of hydrogen-bond donors (Lipinski definition) is 0. The first kappa shape index (κ1) is 20.8. The fourth-order valence-electron chi connectivity index (χ4n) is 5.41. The van der Waals surface area contributed by atoms with E-state index in [2.05, 4.69) is 30.1 Å². The van der Waals surface area contributed by atoms with Crippen molar-refractivity contribution in [2.24, 2.45) is 5.92 Å². The topological polar surface area (TPSA) is 35.0 Å². The maximum atomic E-state index is 14.7. The Morgan fingerprint density at radius 3 is 2.77 bits per heavy atom. The highest BCUT2D eigenvalue weighted by atomic mass is 32.1. The summed E-state index contributed by atoms with van der Waals surface area (Å²) in [7, 11) is 0. The molecular formula is C30H23FN2OS. The van der Waals surface area contributed by atoms with Crippen LogP contribution in [0.4, 0.5) is 4.39 Å². The van der Waals surface area contributed by atoms with E-state index in [0.717, 1.165) is 61.5 Å². The summed E-state index contributed by atoms with van der Waals surface area (Å²) in [5.41, 5.74) is 8.70. The van der Waals surface area contributed by atoms with Crippen LogP contribution in [0.3, 0.4) is 0 Å². The summed E-state index contributed by atoms with van der Waals surface area (Å²) in [4.78, 5) is 8.92. The second kappa shape index (κ2) is 7.99. The van der Waals surface area contributed by atoms with Gasteiger partial charge in [0.15, 0.2) is 0 Å². The maximum Gasteiger partial charge on any atom is 0.129 e. The van der Waals surface area contributed by atoms with Crippen molar-refractivity contribution in [1.82, 2.24) is 9.97 Å². The van der Waals surface area contributed by atoms with E-state index in [1.165, 1.54) is 17.5 Å². The molecule has 2 aromatic heterocycles. The first-order valence-electron chi connectivity index (χ1n) is 12.0. The van der Waals surface area contributed by atoms with Gasteiger partial charge in [-0.05, 0) is 102 Å². The van der Waals surface area contributed by atoms with Crippen molar-refractivity contribution in [3.8, 4) is 27.4 Å². The normalized spacial score (nSPS) is 17.9. The molecule has 0 bridgehead atoms. The zero-order chi connectivity index (χ0) is 23.5. The van der Waals surface area contributed by atoms with E-state index < -0.39 is 0 Å². The molecule has 0 spiro atoms. The predicted octanol–water partition coefficient (Wildman–Crippen LogP) is 7.71. The van der Waals surface area contributed by atoms with Gasteiger partial charge in [-0.15, -0.1) is 11.3 Å². The Balaban J connectivity index is 1.17. The van der Waals surface area contributed by atoms with Gasteiger partial charge in [0.1, 0.15) is 23.2 Å². The monoisotopic (exact) mass is 478 g/mol. The summed E-state index contributed by atoms with van der Waals surface area (Å²) in [6.07, 6.45) is 6.06. The molecule has 3 aromatic carbocycles. The van der Waals surface area contributed by atoms with Gasteiger partial charge in [-0.3, -0.25) is 4.98 Å². The van der Waals surface area contributed by atoms with Gasteiger partial charge in [0, 0.05) is 23.5 Å². The molecule has 0 radical (unpaired) electrons. The third-order valence-electron chi connectivity index (χ3n) is 7.40. The molecule has 2 aliphatic rings. The third-order valence-corrected chi connectivity index (χ3v) is 8.64. The number of halogens is 1. The van der Waals surface area contributed by atoms with E-state index in [9.17, 15) is 4.39 Å². The zero-order valence-electron chi connectivity index (χ0n) is 19.3. The lowest BCUT2D eigenvalue weighted by molar-refractivity contribution is 0.299. The standard InChI is InChI=1S/C30H23FN2OS/c1-17-24(5-7-28-29(17)35-30(33-28)18-8-10-32-11-9-18)19-2-6-27(31)22(12-19)16-34-23-3-4-25-20(14-23)13-21-15-26(21)25/h2-12,14,21,26H,13,15-16H2,1H3/t21-,26+/m0/s1. The number of aryl methyl sites for hydroxylation is 1. The lowest BCUT2D eigenvalue weighted by Crippen LogP contribution is -2.00. The van der Waals surface area contributed by atoms with Gasteiger partial charge < -0.3 is 4.74 Å². The number of nitrogens with zero attached hydrogens (tertiary/aromatic N) is 2. The van der Waals surface area contributed by atoms with E-state index in [1.807, 2.05) is 36.4 Å². The number of hydrogen-bond acceptors (Lipinski definition) is 4. The number of fused-ring (bicyclic) bond motifs is 4. The molecule has 0 N–H and O–H groups in total. The molecular weight excluding hydrogens is 455 g/mol. The first-order valence-corrected chi connectivity index (χ1v) is 12.8. The minimum absolute atomic E-state index is 0.208. The molecule has 1 fully saturated rings. The van der Waals surface area contributed by atoms with Crippen LogP contribution in [0.5, 0.6) is 5.75 Å². The lowest BCUT2D eigenvalue weighted by atomic mass is 9.98. The molecule has 2 aliphatic carbocycles. The molecule has 35 heavy (non-hydrogen) atoms. The second-order valence-electron chi connectivity index (χ2n) is 9.60. The molecule has 1 saturated carbocycles. The van der Waals surface area contributed by atoms with Crippen molar-refractivity contribution in [2.75, 3.05) is 0 Å². The lowest BCUT2D eigenvalue weighted by Gasteiger charge is -2.12. The Labute approximate surface area is 207 Å². The highest BCUT2D eigenvalue weighted by Gasteiger charge is 2.44. The summed E-state index contributed by atoms with van der Waals surface area (Å²) < 4.78 is 21.9. The highest BCUT2D eigenvalue weighted by molar-refractivity contribution is 7.21. The Morgan fingerprint density at radius 1 is 1.00 bits per heavy atom. The van der Waals surface area contributed by atoms with Crippen LogP contribution in [0.2, 0.25) is 0 Å². The number of rotatable bonds is 5. The van der Waals surface area contributed by atoms with Gasteiger partial charge in [0.2, 0.25) is 0 Å². The summed E-state index contributed by atoms with van der Waals surface area (Å²) in [6.45, 7) is 2.32. The number of pyridine rings is 1. The van der Waals surface area contributed by atoms with Crippen LogP contribution >= 0.6 is 11.3 Å². The van der Waals surface area contributed by atoms with Crippen LogP contribution in [-0.4, -0.2) is 9.97 Å². The Morgan fingerprint density at radius 2 is 1.89 bits per heavy atom. The second-order valence-corrected chi connectivity index (χ2v) is 10.6. The average molecular weight is 479 g/mol. The van der Waals surface area contributed by atoms with Crippen LogP contribution in [0, 0.1) is 18.7 Å². The first-order chi connectivity index (χ1) is 17.1. The van der Waals surface area contributed by atoms with Crippen molar-refractivity contribution in [1.29, 1.82) is 0 Å². The molecule has 2 atom stereocenters. The summed E-state index contributed by atoms with van der Waals surface area (Å²) >= 11 is 1.68. The van der Waals surface area contributed by atoms with Crippen molar-refractivity contribution >= 4 is 21.6 Å². The SMILES string of the molecule is Cc1c(-c2ccc(F)c(COc3ccc4c(c3)C[C@H]3C[C@@H]43)c2)ccc2nc(-c3ccncc3)sc12. The molecule has 5 aromatic rings. The van der Waals surface area contributed by atoms with Gasteiger partial charge >= 0.3 is 0 Å². The fraction of sp³-hybridized carbons (Fsp3) is 0.200. The van der Waals surface area contributed by atoms with Crippen LogP contribution in [0.15, 0.2) is 73.1 Å². The van der Waals surface area contributed by atoms with Crippen LogP contribution in [-0.2, 0) is 13.0 Å². The van der Waals surface area contributed by atoms with Gasteiger partial charge in [-0.2, -0.15) is 0 Å². The van der Waals surface area contributed by atoms with Gasteiger partial charge in [0.25, 0.3) is 0 Å². The number of thiazole rings is 1. The van der Waals surface area contributed by atoms with Gasteiger partial charge in [-0.1, -0.05) is 18.2 Å². The molecule has 172 valence electrons. The summed E-state index contributed by atoms with van der Waals surface area (Å²) in [5, 5.41) is 0.975. The maximum absolute atomic E-state index is 14.7. The Bertz CT molecular complexity index is 1590. The molecule has 0 amide bonds. The van der Waals surface area contributed by atoms with Gasteiger partial charge in [0.05, 0.1) is 10.2 Å². The molecule has 0 saturated heterocycles. The van der Waals surface area contributed by atoms with Gasteiger partial charge in [-0.25, -0.2) is 9.37 Å². The van der Waals surface area contributed by atoms with E-state index in [4.69, 9.17) is 9.72 Å². The van der Waals surface area contributed by atoms with E-state index in [1.54, 1.807) is 29.8 Å². The minimum atomic E-state index is -0.243. The molecule has 0 aliphatic heterocycles. The van der Waals surface area contributed by atoms with E-state index in [0.29, 0.717) is 5.56 Å². The van der Waals surface area contributed by atoms with Crippen molar-refractivity contribution in [3.63, 3.8) is 0 Å². The largest absolute Gasteiger partial charge is 0.489 e. The zero-order valence-corrected chi connectivity index (χ0v) is 20.1. The van der Waals surface area contributed by atoms with E-state index >= 15 is 0 Å². The summed E-state index contributed by atoms with van der Waals surface area (Å²) in [5.74, 6) is 2.19. The van der Waals surface area contributed by atoms with Crippen molar-refractivity contribution in [2.45, 2.75) is 32.3 Å². The highest BCUT2D eigenvalue weighted by Crippen LogP contribution is 2.56. The average Bonchev–Trinajstić information content (AvgIpc) is 3.34. The van der Waals surface area contributed by atoms with Crippen molar-refractivity contribution in [3.05, 3.63) is 101 Å². The minimum Gasteiger partial charge on any atom is -0.489 e. The number of benzene rings is 3. The molecule has 0 unspecified atom stereocenters. The third kappa shape index (κ3) is 3.62. The van der Waals surface area contributed by atoms with Crippen LogP contribution < -0.4 is 4.74 Å². The number of aromatic nitrogens is 2. The summed E-state index contributed by atoms with van der Waals surface area (Å²) in [6, 6.07) is 19.8. The number of ether oxygens (including phenoxy) is 1. The fourth-order valence-corrected chi connectivity index (χ4v) is 6.49. The molecule has 7 rings (SSSR count). The van der Waals surface area contributed by atoms with E-state index in [-0.39, 0.29) is 12.4 Å². The molecule has 3 nitrogen and oxygen atoms in total. The molecule has 5 heteroatoms. The van der Waals surface area contributed by atoms with Crippen molar-refractivity contribution < 1.29 is 9.13 Å².